The van der Waals surface area contributed by atoms with E-state index >= 15 is 0 Å². The minimum absolute atomic E-state index is 0.0168. The number of carbonyl (C=O) groups excluding carboxylic acids is 2. The van der Waals surface area contributed by atoms with Crippen LogP contribution in [0.3, 0.4) is 0 Å². The zero-order chi connectivity index (χ0) is 15.0. The van der Waals surface area contributed by atoms with Gasteiger partial charge in [-0.2, -0.15) is 0 Å². The lowest BCUT2D eigenvalue weighted by Crippen LogP contribution is -2.37. The van der Waals surface area contributed by atoms with E-state index in [4.69, 9.17) is 4.74 Å². The lowest BCUT2D eigenvalue weighted by molar-refractivity contribution is -0.158. The number of ether oxygens (including phenoxy) is 1. The summed E-state index contributed by atoms with van der Waals surface area (Å²) >= 11 is 0. The molecule has 0 bridgehead atoms. The topological polar surface area (TPSA) is 43.4 Å². The molecule has 0 saturated carbocycles. The number of allylic oxidation sites excluding steroid dienone is 2. The summed E-state index contributed by atoms with van der Waals surface area (Å²) in [5.74, 6) is -0.510. The Labute approximate surface area is 122 Å². The first kappa shape index (κ1) is 16.7. The first-order valence-corrected chi connectivity index (χ1v) is 7.59. The number of hydrogen-bond acceptors (Lipinski definition) is 3. The summed E-state index contributed by atoms with van der Waals surface area (Å²) < 4.78 is 5.55. The predicted octanol–water partition coefficient (Wildman–Crippen LogP) is 3.98. The van der Waals surface area contributed by atoms with Gasteiger partial charge in [0, 0.05) is 6.42 Å². The third-order valence-corrected chi connectivity index (χ3v) is 3.83. The largest absolute Gasteiger partial charge is 0.454 e. The van der Waals surface area contributed by atoms with Crippen LogP contribution in [0.15, 0.2) is 24.8 Å². The zero-order valence-electron chi connectivity index (χ0n) is 12.7. The van der Waals surface area contributed by atoms with Crippen molar-refractivity contribution in [3.8, 4) is 0 Å². The van der Waals surface area contributed by atoms with Gasteiger partial charge in [0.05, 0.1) is 5.92 Å². The highest BCUT2D eigenvalue weighted by molar-refractivity contribution is 5.96. The van der Waals surface area contributed by atoms with Crippen molar-refractivity contribution >= 4 is 11.8 Å². The van der Waals surface area contributed by atoms with Crippen molar-refractivity contribution in [2.24, 2.45) is 5.92 Å². The van der Waals surface area contributed by atoms with E-state index in [2.05, 4.69) is 13.5 Å². The second-order valence-electron chi connectivity index (χ2n) is 5.63. The minimum Gasteiger partial charge on any atom is -0.454 e. The van der Waals surface area contributed by atoms with Crippen molar-refractivity contribution in [2.75, 3.05) is 0 Å². The standard InChI is InChI=1S/C17H26O3/c1-4-6-7-8-9-11-16(19)20-17(3)13-12-15(18)14(17)10-5-2/h5,12-14H,2,4,6-11H2,1,3H3. The summed E-state index contributed by atoms with van der Waals surface area (Å²) in [6, 6.07) is 0. The lowest BCUT2D eigenvalue weighted by atomic mass is 9.88. The summed E-state index contributed by atoms with van der Waals surface area (Å²) in [5, 5.41) is 0. The van der Waals surface area contributed by atoms with Crippen molar-refractivity contribution in [3.63, 3.8) is 0 Å². The van der Waals surface area contributed by atoms with E-state index in [1.807, 2.05) is 0 Å². The molecule has 20 heavy (non-hydrogen) atoms. The van der Waals surface area contributed by atoms with Gasteiger partial charge < -0.3 is 4.74 Å². The smallest absolute Gasteiger partial charge is 0.306 e. The first-order chi connectivity index (χ1) is 9.53. The molecule has 2 unspecified atom stereocenters. The van der Waals surface area contributed by atoms with Gasteiger partial charge in [0.15, 0.2) is 5.78 Å². The predicted molar refractivity (Wildman–Crippen MR) is 80.3 cm³/mol. The van der Waals surface area contributed by atoms with Crippen molar-refractivity contribution in [1.82, 2.24) is 0 Å². The van der Waals surface area contributed by atoms with Crippen LogP contribution in [0.4, 0.5) is 0 Å². The van der Waals surface area contributed by atoms with Gasteiger partial charge in [0.2, 0.25) is 0 Å². The third kappa shape index (κ3) is 4.62. The molecule has 2 atom stereocenters. The number of unbranched alkanes of at least 4 members (excludes halogenated alkanes) is 4. The van der Waals surface area contributed by atoms with Crippen LogP contribution >= 0.6 is 0 Å². The van der Waals surface area contributed by atoms with Gasteiger partial charge in [0.25, 0.3) is 0 Å². The second kappa shape index (κ2) is 8.03. The van der Waals surface area contributed by atoms with Crippen molar-refractivity contribution in [3.05, 3.63) is 24.8 Å². The Bertz CT molecular complexity index is 384. The van der Waals surface area contributed by atoms with Gasteiger partial charge in [-0.3, -0.25) is 9.59 Å². The van der Waals surface area contributed by atoms with Crippen molar-refractivity contribution in [1.29, 1.82) is 0 Å². The number of rotatable bonds is 9. The molecule has 3 nitrogen and oxygen atoms in total. The minimum atomic E-state index is -0.800. The average molecular weight is 278 g/mol. The molecular weight excluding hydrogens is 252 g/mol. The molecule has 0 N–H and O–H groups in total. The maximum atomic E-state index is 11.9. The van der Waals surface area contributed by atoms with Gasteiger partial charge >= 0.3 is 5.97 Å². The Morgan fingerprint density at radius 1 is 1.40 bits per heavy atom. The fourth-order valence-electron chi connectivity index (χ4n) is 2.55. The first-order valence-electron chi connectivity index (χ1n) is 7.59. The molecule has 0 amide bonds. The monoisotopic (exact) mass is 278 g/mol. The molecule has 0 spiro atoms. The van der Waals surface area contributed by atoms with Crippen LogP contribution in [0.25, 0.3) is 0 Å². The fraction of sp³-hybridized carbons (Fsp3) is 0.647. The molecule has 3 heteroatoms. The Kier molecular flexibility index (Phi) is 6.69. The van der Waals surface area contributed by atoms with Crippen LogP contribution in [0.1, 0.15) is 58.8 Å². The van der Waals surface area contributed by atoms with E-state index in [9.17, 15) is 9.59 Å². The summed E-state index contributed by atoms with van der Waals surface area (Å²) in [7, 11) is 0. The zero-order valence-corrected chi connectivity index (χ0v) is 12.7. The fourth-order valence-corrected chi connectivity index (χ4v) is 2.55. The molecule has 1 rings (SSSR count). The number of hydrogen-bond donors (Lipinski definition) is 0. The van der Waals surface area contributed by atoms with E-state index < -0.39 is 5.60 Å². The molecule has 0 radical (unpaired) electrons. The second-order valence-corrected chi connectivity index (χ2v) is 5.63. The molecule has 0 saturated heterocycles. The van der Waals surface area contributed by atoms with Crippen LogP contribution in [0.5, 0.6) is 0 Å². The Hall–Kier alpha value is -1.38. The molecule has 0 aromatic rings. The van der Waals surface area contributed by atoms with E-state index in [-0.39, 0.29) is 17.7 Å². The highest BCUT2D eigenvalue weighted by Gasteiger charge is 2.42. The van der Waals surface area contributed by atoms with Crippen LogP contribution in [0.2, 0.25) is 0 Å². The third-order valence-electron chi connectivity index (χ3n) is 3.83. The van der Waals surface area contributed by atoms with Gasteiger partial charge in [-0.05, 0) is 31.9 Å². The van der Waals surface area contributed by atoms with E-state index in [1.54, 1.807) is 19.1 Å². The van der Waals surface area contributed by atoms with Crippen LogP contribution < -0.4 is 0 Å². The highest BCUT2D eigenvalue weighted by Crippen LogP contribution is 2.33. The van der Waals surface area contributed by atoms with E-state index in [1.165, 1.54) is 25.3 Å². The molecular formula is C17H26O3. The average Bonchev–Trinajstić information content (AvgIpc) is 2.67. The van der Waals surface area contributed by atoms with Gasteiger partial charge in [-0.25, -0.2) is 0 Å². The van der Waals surface area contributed by atoms with Crippen molar-refractivity contribution < 1.29 is 14.3 Å². The molecule has 1 aliphatic rings. The maximum absolute atomic E-state index is 11.9. The van der Waals surface area contributed by atoms with Crippen molar-refractivity contribution in [2.45, 2.75) is 64.4 Å². The summed E-state index contributed by atoms with van der Waals surface area (Å²) in [5.41, 5.74) is -0.800. The van der Waals surface area contributed by atoms with E-state index in [0.717, 1.165) is 12.8 Å². The highest BCUT2D eigenvalue weighted by atomic mass is 16.6. The van der Waals surface area contributed by atoms with Gasteiger partial charge in [-0.15, -0.1) is 6.58 Å². The summed E-state index contributed by atoms with van der Waals surface area (Å²) in [4.78, 5) is 23.7. The van der Waals surface area contributed by atoms with Gasteiger partial charge in [0.1, 0.15) is 5.60 Å². The summed E-state index contributed by atoms with van der Waals surface area (Å²) in [6.07, 6.45) is 11.4. The molecule has 0 aromatic heterocycles. The molecule has 0 fully saturated rings. The van der Waals surface area contributed by atoms with Crippen LogP contribution in [-0.2, 0) is 14.3 Å². The Morgan fingerprint density at radius 3 is 2.75 bits per heavy atom. The molecule has 112 valence electrons. The molecule has 0 aromatic carbocycles. The Morgan fingerprint density at radius 2 is 2.10 bits per heavy atom. The Balaban J connectivity index is 2.41. The summed E-state index contributed by atoms with van der Waals surface area (Å²) in [6.45, 7) is 7.63. The van der Waals surface area contributed by atoms with E-state index in [0.29, 0.717) is 12.8 Å². The van der Waals surface area contributed by atoms with Crippen LogP contribution in [-0.4, -0.2) is 17.4 Å². The maximum Gasteiger partial charge on any atom is 0.306 e. The molecule has 0 aliphatic heterocycles. The van der Waals surface area contributed by atoms with Gasteiger partial charge in [-0.1, -0.05) is 38.7 Å². The van der Waals surface area contributed by atoms with Crippen LogP contribution in [0, 0.1) is 5.92 Å². The number of esters is 1. The SMILES string of the molecule is C=CCC1C(=O)C=CC1(C)OC(=O)CCCCCCC. The molecule has 1 aliphatic carbocycles. The normalized spacial score (nSPS) is 24.9. The quantitative estimate of drug-likeness (QED) is 0.364. The number of ketones is 1. The number of carbonyl (C=O) groups is 2. The lowest BCUT2D eigenvalue weighted by Gasteiger charge is -2.29. The molecule has 0 heterocycles.